The lowest BCUT2D eigenvalue weighted by Gasteiger charge is -2.38. The van der Waals surface area contributed by atoms with E-state index in [0.29, 0.717) is 23.1 Å². The lowest BCUT2D eigenvalue weighted by atomic mass is 9.91. The quantitative estimate of drug-likeness (QED) is 0.684. The van der Waals surface area contributed by atoms with Gasteiger partial charge in [0.15, 0.2) is 0 Å². The van der Waals surface area contributed by atoms with Crippen molar-refractivity contribution in [3.8, 4) is 5.69 Å². The van der Waals surface area contributed by atoms with Crippen LogP contribution < -0.4 is 10.9 Å². The van der Waals surface area contributed by atoms with Gasteiger partial charge in [-0.3, -0.25) is 9.69 Å². The van der Waals surface area contributed by atoms with Gasteiger partial charge in [0.05, 0.1) is 17.4 Å². The normalized spacial score (nSPS) is 23.1. The van der Waals surface area contributed by atoms with Crippen molar-refractivity contribution < 1.29 is 13.6 Å². The van der Waals surface area contributed by atoms with Gasteiger partial charge in [-0.1, -0.05) is 6.07 Å². The number of fused-ring (bicyclic) bond motifs is 2. The van der Waals surface area contributed by atoms with Crippen LogP contribution in [-0.2, 0) is 6.54 Å². The fourth-order valence-corrected chi connectivity index (χ4v) is 4.87. The molecule has 1 saturated carbocycles. The van der Waals surface area contributed by atoms with E-state index in [1.165, 1.54) is 30.5 Å². The van der Waals surface area contributed by atoms with E-state index in [1.807, 2.05) is 18.5 Å². The van der Waals surface area contributed by atoms with Gasteiger partial charge < -0.3 is 9.73 Å². The van der Waals surface area contributed by atoms with E-state index in [0.717, 1.165) is 38.0 Å². The SMILES string of the molecule is O=C(NC1[C@@H]2CC[C@H]1CN(Cc1cnn(-c3cccc(F)c3)c1)C2)c1ccc(=O)oc1. The lowest BCUT2D eigenvalue weighted by Crippen LogP contribution is -2.52. The monoisotopic (exact) mass is 422 g/mol. The highest BCUT2D eigenvalue weighted by molar-refractivity contribution is 5.93. The molecule has 2 aromatic heterocycles. The maximum atomic E-state index is 13.5. The molecule has 2 fully saturated rings. The van der Waals surface area contributed by atoms with Crippen LogP contribution in [0.5, 0.6) is 0 Å². The number of rotatable bonds is 5. The first-order valence-corrected chi connectivity index (χ1v) is 10.5. The van der Waals surface area contributed by atoms with E-state index in [2.05, 4.69) is 15.3 Å². The summed E-state index contributed by atoms with van der Waals surface area (Å²) in [5.74, 6) is 0.289. The molecule has 160 valence electrons. The maximum Gasteiger partial charge on any atom is 0.335 e. The van der Waals surface area contributed by atoms with Crippen LogP contribution in [0.2, 0.25) is 0 Å². The Balaban J connectivity index is 1.22. The summed E-state index contributed by atoms with van der Waals surface area (Å²) in [5, 5.41) is 7.53. The highest BCUT2D eigenvalue weighted by atomic mass is 19.1. The Morgan fingerprint density at radius 1 is 1.19 bits per heavy atom. The molecule has 8 heteroatoms. The molecule has 2 bridgehead atoms. The first-order valence-electron chi connectivity index (χ1n) is 10.5. The van der Waals surface area contributed by atoms with E-state index in [1.54, 1.807) is 10.7 Å². The zero-order chi connectivity index (χ0) is 21.4. The summed E-state index contributed by atoms with van der Waals surface area (Å²) in [4.78, 5) is 26.1. The van der Waals surface area contributed by atoms with Crippen LogP contribution in [0.25, 0.3) is 5.69 Å². The zero-order valence-electron chi connectivity index (χ0n) is 16.9. The van der Waals surface area contributed by atoms with Crippen LogP contribution in [-0.4, -0.2) is 39.7 Å². The van der Waals surface area contributed by atoms with E-state index in [4.69, 9.17) is 4.42 Å². The van der Waals surface area contributed by atoms with Gasteiger partial charge in [0, 0.05) is 43.5 Å². The van der Waals surface area contributed by atoms with E-state index < -0.39 is 5.63 Å². The van der Waals surface area contributed by atoms with Crippen molar-refractivity contribution in [3.05, 3.63) is 82.4 Å². The Hall–Kier alpha value is -3.26. The Morgan fingerprint density at radius 2 is 2.00 bits per heavy atom. The fourth-order valence-electron chi connectivity index (χ4n) is 4.87. The van der Waals surface area contributed by atoms with Gasteiger partial charge in [0.2, 0.25) is 0 Å². The number of amides is 1. The molecule has 1 unspecified atom stereocenters. The Morgan fingerprint density at radius 3 is 2.71 bits per heavy atom. The molecule has 5 rings (SSSR count). The summed E-state index contributed by atoms with van der Waals surface area (Å²) in [6, 6.07) is 9.26. The van der Waals surface area contributed by atoms with Crippen molar-refractivity contribution in [1.29, 1.82) is 0 Å². The molecule has 1 amide bonds. The predicted molar refractivity (Wildman–Crippen MR) is 111 cm³/mol. The zero-order valence-corrected chi connectivity index (χ0v) is 16.9. The Labute approximate surface area is 178 Å². The molecule has 1 aliphatic heterocycles. The lowest BCUT2D eigenvalue weighted by molar-refractivity contribution is 0.0822. The molecule has 3 atom stereocenters. The number of carbonyl (C=O) groups excluding carboxylic acids is 1. The van der Waals surface area contributed by atoms with Crippen LogP contribution >= 0.6 is 0 Å². The summed E-state index contributed by atoms with van der Waals surface area (Å²) in [7, 11) is 0. The van der Waals surface area contributed by atoms with Crippen LogP contribution in [0, 0.1) is 17.7 Å². The maximum absolute atomic E-state index is 13.5. The number of piperidine rings is 1. The van der Waals surface area contributed by atoms with Gasteiger partial charge in [-0.25, -0.2) is 13.9 Å². The average Bonchev–Trinajstić information content (AvgIpc) is 3.30. The molecule has 1 aromatic carbocycles. The standard InChI is InChI=1S/C23H23FN4O3/c24-19-2-1-3-20(8-19)28-11-15(9-25-28)10-27-12-16-4-5-17(13-27)22(16)26-23(30)18-6-7-21(29)31-14-18/h1-3,6-9,11,14,16-17,22H,4-5,10,12-13H2,(H,26,30)/t16-,17+,22?. The molecule has 0 spiro atoms. The fraction of sp³-hybridized carbons (Fsp3) is 0.348. The minimum atomic E-state index is -0.467. The third-order valence-electron chi connectivity index (χ3n) is 6.29. The first-order chi connectivity index (χ1) is 15.0. The third-order valence-corrected chi connectivity index (χ3v) is 6.29. The number of nitrogens with zero attached hydrogens (tertiary/aromatic N) is 3. The molecule has 1 aliphatic carbocycles. The van der Waals surface area contributed by atoms with Crippen LogP contribution in [0.15, 0.2) is 64.3 Å². The number of aromatic nitrogens is 2. The minimum Gasteiger partial charge on any atom is -0.430 e. The van der Waals surface area contributed by atoms with Crippen LogP contribution in [0.1, 0.15) is 28.8 Å². The molecule has 3 aromatic rings. The summed E-state index contributed by atoms with van der Waals surface area (Å²) < 4.78 is 20.0. The smallest absolute Gasteiger partial charge is 0.335 e. The van der Waals surface area contributed by atoms with Gasteiger partial charge in [0.1, 0.15) is 12.1 Å². The van der Waals surface area contributed by atoms with Crippen LogP contribution in [0.3, 0.4) is 0 Å². The molecule has 7 nitrogen and oxygen atoms in total. The molecular weight excluding hydrogens is 399 g/mol. The highest BCUT2D eigenvalue weighted by Crippen LogP contribution is 2.37. The molecule has 1 N–H and O–H groups in total. The third kappa shape index (κ3) is 4.16. The number of benzene rings is 1. The topological polar surface area (TPSA) is 80.4 Å². The van der Waals surface area contributed by atoms with Crippen molar-refractivity contribution in [2.75, 3.05) is 13.1 Å². The second kappa shape index (κ2) is 8.11. The summed E-state index contributed by atoms with van der Waals surface area (Å²) >= 11 is 0. The minimum absolute atomic E-state index is 0.130. The van der Waals surface area contributed by atoms with E-state index >= 15 is 0 Å². The molecule has 0 radical (unpaired) electrons. The highest BCUT2D eigenvalue weighted by Gasteiger charge is 2.42. The number of nitrogens with one attached hydrogen (secondary N) is 1. The number of carbonyl (C=O) groups is 1. The molecule has 3 heterocycles. The summed E-state index contributed by atoms with van der Waals surface area (Å²) in [6.45, 7) is 2.57. The second-order valence-corrected chi connectivity index (χ2v) is 8.41. The summed E-state index contributed by atoms with van der Waals surface area (Å²) in [6.07, 6.45) is 7.14. The van der Waals surface area contributed by atoms with Gasteiger partial charge in [0.25, 0.3) is 5.91 Å². The molecular formula is C23H23FN4O3. The number of likely N-dealkylation sites (tertiary alicyclic amines) is 1. The van der Waals surface area contributed by atoms with Gasteiger partial charge in [-0.15, -0.1) is 0 Å². The van der Waals surface area contributed by atoms with Crippen molar-refractivity contribution in [1.82, 2.24) is 20.0 Å². The van der Waals surface area contributed by atoms with E-state index in [-0.39, 0.29) is 17.8 Å². The van der Waals surface area contributed by atoms with Gasteiger partial charge in [-0.2, -0.15) is 5.10 Å². The van der Waals surface area contributed by atoms with Crippen LogP contribution in [0.4, 0.5) is 4.39 Å². The summed E-state index contributed by atoms with van der Waals surface area (Å²) in [5.41, 5.74) is 1.67. The Bertz CT molecular complexity index is 1120. The first kappa shape index (κ1) is 19.7. The largest absolute Gasteiger partial charge is 0.430 e. The van der Waals surface area contributed by atoms with Crippen molar-refractivity contribution >= 4 is 5.91 Å². The average molecular weight is 422 g/mol. The van der Waals surface area contributed by atoms with Gasteiger partial charge in [-0.05, 0) is 48.9 Å². The van der Waals surface area contributed by atoms with Crippen molar-refractivity contribution in [3.63, 3.8) is 0 Å². The Kier molecular flexibility index (Phi) is 5.15. The van der Waals surface area contributed by atoms with Crippen molar-refractivity contribution in [2.24, 2.45) is 11.8 Å². The predicted octanol–water partition coefficient (Wildman–Crippen LogP) is 2.60. The molecule has 31 heavy (non-hydrogen) atoms. The number of halogens is 1. The molecule has 1 saturated heterocycles. The van der Waals surface area contributed by atoms with Crippen molar-refractivity contribution in [2.45, 2.75) is 25.4 Å². The molecule has 2 aliphatic rings. The van der Waals surface area contributed by atoms with Gasteiger partial charge >= 0.3 is 5.63 Å². The number of hydrogen-bond donors (Lipinski definition) is 1. The number of hydrogen-bond acceptors (Lipinski definition) is 5. The second-order valence-electron chi connectivity index (χ2n) is 8.41. The van der Waals surface area contributed by atoms with E-state index in [9.17, 15) is 14.0 Å².